The molecule has 1 aromatic heterocycles. The molecule has 0 saturated heterocycles. The fourth-order valence-electron chi connectivity index (χ4n) is 2.41. The van der Waals surface area contributed by atoms with E-state index in [1.54, 1.807) is 6.92 Å². The summed E-state index contributed by atoms with van der Waals surface area (Å²) in [6, 6.07) is 0. The maximum atomic E-state index is 9.32. The molecule has 1 heterocycles. The van der Waals surface area contributed by atoms with Crippen molar-refractivity contribution >= 4 is 0 Å². The SMILES string of the molecule is CCC1CCC(c2noc(C(C)O)n2)CC1. The van der Waals surface area contributed by atoms with E-state index in [9.17, 15) is 5.11 Å². The largest absolute Gasteiger partial charge is 0.384 e. The lowest BCUT2D eigenvalue weighted by atomic mass is 9.80. The van der Waals surface area contributed by atoms with Crippen LogP contribution in [0.25, 0.3) is 0 Å². The molecule has 1 aromatic rings. The predicted molar refractivity (Wildman–Crippen MR) is 59.9 cm³/mol. The average Bonchev–Trinajstić information content (AvgIpc) is 2.78. The van der Waals surface area contributed by atoms with Crippen molar-refractivity contribution in [2.24, 2.45) is 5.92 Å². The molecule has 0 spiro atoms. The lowest BCUT2D eigenvalue weighted by molar-refractivity contribution is 0.151. The third kappa shape index (κ3) is 2.43. The van der Waals surface area contributed by atoms with E-state index in [0.717, 1.165) is 24.6 Å². The minimum Gasteiger partial charge on any atom is -0.384 e. The van der Waals surface area contributed by atoms with E-state index in [4.69, 9.17) is 4.52 Å². The maximum Gasteiger partial charge on any atom is 0.255 e. The summed E-state index contributed by atoms with van der Waals surface area (Å²) < 4.78 is 5.02. The van der Waals surface area contributed by atoms with Crippen LogP contribution in [0, 0.1) is 5.92 Å². The Morgan fingerprint density at radius 1 is 1.38 bits per heavy atom. The van der Waals surface area contributed by atoms with Gasteiger partial charge in [0.05, 0.1) is 0 Å². The van der Waals surface area contributed by atoms with Gasteiger partial charge in [-0.2, -0.15) is 4.98 Å². The van der Waals surface area contributed by atoms with Gasteiger partial charge in [-0.3, -0.25) is 0 Å². The zero-order valence-electron chi connectivity index (χ0n) is 10.0. The molecule has 4 heteroatoms. The van der Waals surface area contributed by atoms with E-state index < -0.39 is 6.10 Å². The average molecular weight is 224 g/mol. The Morgan fingerprint density at radius 2 is 2.06 bits per heavy atom. The van der Waals surface area contributed by atoms with E-state index in [1.165, 1.54) is 19.3 Å². The first-order valence-electron chi connectivity index (χ1n) is 6.22. The summed E-state index contributed by atoms with van der Waals surface area (Å²) in [7, 11) is 0. The molecule has 1 aliphatic carbocycles. The summed E-state index contributed by atoms with van der Waals surface area (Å²) in [6.07, 6.45) is 5.44. The van der Waals surface area contributed by atoms with Gasteiger partial charge in [-0.05, 0) is 38.5 Å². The molecule has 0 bridgehead atoms. The van der Waals surface area contributed by atoms with Crippen LogP contribution in [0.2, 0.25) is 0 Å². The Morgan fingerprint density at radius 3 is 2.56 bits per heavy atom. The molecular formula is C12H20N2O2. The quantitative estimate of drug-likeness (QED) is 0.857. The number of aliphatic hydroxyl groups is 1. The van der Waals surface area contributed by atoms with Crippen LogP contribution in [0.3, 0.4) is 0 Å². The van der Waals surface area contributed by atoms with E-state index in [0.29, 0.717) is 11.8 Å². The fourth-order valence-corrected chi connectivity index (χ4v) is 2.41. The number of hydrogen-bond donors (Lipinski definition) is 1. The third-order valence-corrected chi connectivity index (χ3v) is 3.60. The van der Waals surface area contributed by atoms with Gasteiger partial charge in [0.2, 0.25) is 0 Å². The van der Waals surface area contributed by atoms with Crippen LogP contribution in [-0.2, 0) is 0 Å². The second-order valence-electron chi connectivity index (χ2n) is 4.79. The van der Waals surface area contributed by atoms with Gasteiger partial charge >= 0.3 is 0 Å². The Labute approximate surface area is 96.1 Å². The van der Waals surface area contributed by atoms with Gasteiger partial charge in [-0.1, -0.05) is 18.5 Å². The van der Waals surface area contributed by atoms with E-state index in [1.807, 2.05) is 0 Å². The van der Waals surface area contributed by atoms with Gasteiger partial charge < -0.3 is 9.63 Å². The smallest absolute Gasteiger partial charge is 0.255 e. The number of aromatic nitrogens is 2. The molecule has 0 aromatic carbocycles. The summed E-state index contributed by atoms with van der Waals surface area (Å²) in [5.74, 6) is 2.43. The van der Waals surface area contributed by atoms with Crippen molar-refractivity contribution < 1.29 is 9.63 Å². The molecule has 2 rings (SSSR count). The Kier molecular flexibility index (Phi) is 3.59. The summed E-state index contributed by atoms with van der Waals surface area (Å²) in [5, 5.41) is 13.3. The highest BCUT2D eigenvalue weighted by molar-refractivity contribution is 4.98. The number of nitrogens with zero attached hydrogens (tertiary/aromatic N) is 2. The van der Waals surface area contributed by atoms with Crippen LogP contribution >= 0.6 is 0 Å². The molecule has 0 aliphatic heterocycles. The van der Waals surface area contributed by atoms with E-state index in [2.05, 4.69) is 17.1 Å². The zero-order valence-corrected chi connectivity index (χ0v) is 10.0. The maximum absolute atomic E-state index is 9.32. The first-order chi connectivity index (χ1) is 7.70. The molecule has 1 unspecified atom stereocenters. The number of aliphatic hydroxyl groups excluding tert-OH is 1. The number of hydrogen-bond acceptors (Lipinski definition) is 4. The molecule has 1 N–H and O–H groups in total. The summed E-state index contributed by atoms with van der Waals surface area (Å²) in [5.41, 5.74) is 0. The molecule has 1 fully saturated rings. The van der Waals surface area contributed by atoms with Crippen LogP contribution in [0.4, 0.5) is 0 Å². The van der Waals surface area contributed by atoms with Gasteiger partial charge in [0.1, 0.15) is 6.10 Å². The van der Waals surface area contributed by atoms with Gasteiger partial charge in [0.25, 0.3) is 5.89 Å². The summed E-state index contributed by atoms with van der Waals surface area (Å²) in [6.45, 7) is 3.90. The van der Waals surface area contributed by atoms with E-state index >= 15 is 0 Å². The van der Waals surface area contributed by atoms with E-state index in [-0.39, 0.29) is 0 Å². The standard InChI is InChI=1S/C12H20N2O2/c1-3-9-4-6-10(7-5-9)11-13-12(8(2)15)16-14-11/h8-10,15H,3-7H2,1-2H3. The fraction of sp³-hybridized carbons (Fsp3) is 0.833. The number of rotatable bonds is 3. The second kappa shape index (κ2) is 4.95. The van der Waals surface area contributed by atoms with Crippen LogP contribution in [0.15, 0.2) is 4.52 Å². The lowest BCUT2D eigenvalue weighted by Gasteiger charge is -2.25. The van der Waals surface area contributed by atoms with Crippen LogP contribution < -0.4 is 0 Å². The molecule has 0 radical (unpaired) electrons. The van der Waals surface area contributed by atoms with Crippen molar-refractivity contribution in [3.8, 4) is 0 Å². The van der Waals surface area contributed by atoms with Crippen molar-refractivity contribution in [3.05, 3.63) is 11.7 Å². The van der Waals surface area contributed by atoms with Crippen LogP contribution in [0.5, 0.6) is 0 Å². The lowest BCUT2D eigenvalue weighted by Crippen LogP contribution is -2.13. The zero-order chi connectivity index (χ0) is 11.5. The first kappa shape index (κ1) is 11.6. The highest BCUT2D eigenvalue weighted by Crippen LogP contribution is 2.35. The highest BCUT2D eigenvalue weighted by Gasteiger charge is 2.25. The third-order valence-electron chi connectivity index (χ3n) is 3.60. The van der Waals surface area contributed by atoms with Crippen molar-refractivity contribution in [2.75, 3.05) is 0 Å². The normalized spacial score (nSPS) is 27.9. The predicted octanol–water partition coefficient (Wildman–Crippen LogP) is 2.81. The van der Waals surface area contributed by atoms with Crippen molar-refractivity contribution in [1.29, 1.82) is 0 Å². The molecule has 4 nitrogen and oxygen atoms in total. The summed E-state index contributed by atoms with van der Waals surface area (Å²) >= 11 is 0. The first-order valence-corrected chi connectivity index (χ1v) is 6.22. The molecule has 0 amide bonds. The van der Waals surface area contributed by atoms with Gasteiger partial charge in [0, 0.05) is 5.92 Å². The Hall–Kier alpha value is -0.900. The Balaban J connectivity index is 1.97. The molecule has 16 heavy (non-hydrogen) atoms. The Bertz CT molecular complexity index is 328. The minimum atomic E-state index is -0.659. The molecule has 1 atom stereocenters. The topological polar surface area (TPSA) is 59.2 Å². The highest BCUT2D eigenvalue weighted by atomic mass is 16.5. The summed E-state index contributed by atoms with van der Waals surface area (Å²) in [4.78, 5) is 4.26. The van der Waals surface area contributed by atoms with Crippen molar-refractivity contribution in [3.63, 3.8) is 0 Å². The molecule has 90 valence electrons. The molecular weight excluding hydrogens is 204 g/mol. The van der Waals surface area contributed by atoms with Crippen LogP contribution in [0.1, 0.15) is 69.7 Å². The van der Waals surface area contributed by atoms with Gasteiger partial charge in [0.15, 0.2) is 5.82 Å². The van der Waals surface area contributed by atoms with Crippen molar-refractivity contribution in [1.82, 2.24) is 10.1 Å². The van der Waals surface area contributed by atoms with Gasteiger partial charge in [-0.15, -0.1) is 0 Å². The molecule has 1 aliphatic rings. The minimum absolute atomic E-state index is 0.340. The van der Waals surface area contributed by atoms with Gasteiger partial charge in [-0.25, -0.2) is 0 Å². The monoisotopic (exact) mass is 224 g/mol. The van der Waals surface area contributed by atoms with Crippen molar-refractivity contribution in [2.45, 2.75) is 58.0 Å². The second-order valence-corrected chi connectivity index (χ2v) is 4.79. The van der Waals surface area contributed by atoms with Crippen LogP contribution in [-0.4, -0.2) is 15.2 Å². The molecule has 1 saturated carbocycles.